The Labute approximate surface area is 198 Å². The Balaban J connectivity index is 1.41. The van der Waals surface area contributed by atoms with Crippen LogP contribution in [-0.4, -0.2) is 86.7 Å². The van der Waals surface area contributed by atoms with Gasteiger partial charge in [0, 0.05) is 43.7 Å². The summed E-state index contributed by atoms with van der Waals surface area (Å²) < 4.78 is 39.6. The second-order valence-corrected chi connectivity index (χ2v) is 11.1. The van der Waals surface area contributed by atoms with Gasteiger partial charge in [0.2, 0.25) is 21.9 Å². The molecular formula is C21H30N8O4S. The maximum atomic E-state index is 12.3. The molecule has 0 bridgehead atoms. The molecule has 34 heavy (non-hydrogen) atoms. The number of ether oxygens (including phenoxy) is 2. The van der Waals surface area contributed by atoms with Crippen molar-refractivity contribution in [2.75, 3.05) is 37.4 Å². The number of H-pyrrole nitrogens is 1. The Morgan fingerprint density at radius 1 is 1.26 bits per heavy atom. The monoisotopic (exact) mass is 490 g/mol. The van der Waals surface area contributed by atoms with Crippen molar-refractivity contribution in [3.05, 3.63) is 18.6 Å². The minimum Gasteiger partial charge on any atom is -0.473 e. The molecule has 3 aromatic heterocycles. The van der Waals surface area contributed by atoms with E-state index < -0.39 is 10.0 Å². The summed E-state index contributed by atoms with van der Waals surface area (Å²) in [6.07, 6.45) is 7.38. The first-order valence-electron chi connectivity index (χ1n) is 11.7. The number of anilines is 1. The van der Waals surface area contributed by atoms with Gasteiger partial charge in [0.15, 0.2) is 5.65 Å². The van der Waals surface area contributed by atoms with E-state index in [1.54, 1.807) is 34.3 Å². The maximum absolute atomic E-state index is 12.3. The minimum absolute atomic E-state index is 0.00252. The zero-order chi connectivity index (χ0) is 23.7. The third-order valence-electron chi connectivity index (χ3n) is 6.50. The molecule has 0 unspecified atom stereocenters. The molecule has 2 saturated heterocycles. The second-order valence-electron chi connectivity index (χ2n) is 8.81. The topological polar surface area (TPSA) is 140 Å². The summed E-state index contributed by atoms with van der Waals surface area (Å²) in [5, 5.41) is 15.0. The zero-order valence-electron chi connectivity index (χ0n) is 19.3. The van der Waals surface area contributed by atoms with Gasteiger partial charge in [-0.2, -0.15) is 14.6 Å². The van der Waals surface area contributed by atoms with Crippen LogP contribution in [0.5, 0.6) is 5.88 Å². The van der Waals surface area contributed by atoms with Crippen molar-refractivity contribution in [2.24, 2.45) is 5.92 Å². The van der Waals surface area contributed by atoms with Gasteiger partial charge in [-0.25, -0.2) is 17.7 Å². The third-order valence-corrected chi connectivity index (χ3v) is 8.34. The lowest BCUT2D eigenvalue weighted by atomic mass is 9.95. The van der Waals surface area contributed by atoms with Crippen molar-refractivity contribution in [2.45, 2.75) is 45.3 Å². The normalized spacial score (nSPS) is 22.8. The van der Waals surface area contributed by atoms with Gasteiger partial charge in [0.25, 0.3) is 0 Å². The highest BCUT2D eigenvalue weighted by molar-refractivity contribution is 7.89. The maximum Gasteiger partial charge on any atom is 0.244 e. The largest absolute Gasteiger partial charge is 0.473 e. The molecule has 0 radical (unpaired) electrons. The van der Waals surface area contributed by atoms with Crippen molar-refractivity contribution in [1.82, 2.24) is 34.1 Å². The fourth-order valence-corrected chi connectivity index (χ4v) is 5.67. The smallest absolute Gasteiger partial charge is 0.244 e. The summed E-state index contributed by atoms with van der Waals surface area (Å²) in [6.45, 7) is 5.99. The molecule has 2 N–H and O–H groups in total. The van der Waals surface area contributed by atoms with E-state index in [2.05, 4.69) is 25.5 Å². The van der Waals surface area contributed by atoms with E-state index in [0.717, 1.165) is 18.4 Å². The highest BCUT2D eigenvalue weighted by Gasteiger charge is 2.32. The molecule has 2 aliphatic heterocycles. The number of rotatable bonds is 7. The molecule has 5 heterocycles. The molecule has 3 aromatic rings. The summed E-state index contributed by atoms with van der Waals surface area (Å²) in [6, 6.07) is 0.0573. The fourth-order valence-electron chi connectivity index (χ4n) is 4.45. The fraction of sp³-hybridized carbons (Fsp3) is 0.619. The van der Waals surface area contributed by atoms with Crippen molar-refractivity contribution in [3.8, 4) is 17.1 Å². The number of hydrogen-bond donors (Lipinski definition) is 2. The van der Waals surface area contributed by atoms with Gasteiger partial charge in [-0.1, -0.05) is 6.92 Å². The molecule has 0 saturated carbocycles. The Morgan fingerprint density at radius 2 is 2.09 bits per heavy atom. The van der Waals surface area contributed by atoms with Crippen LogP contribution >= 0.6 is 0 Å². The lowest BCUT2D eigenvalue weighted by Crippen LogP contribution is -2.48. The van der Waals surface area contributed by atoms with E-state index in [1.807, 2.05) is 6.92 Å². The number of hydrogen-bond acceptors (Lipinski definition) is 9. The van der Waals surface area contributed by atoms with Crippen LogP contribution in [0.3, 0.4) is 0 Å². The molecule has 13 heteroatoms. The summed E-state index contributed by atoms with van der Waals surface area (Å²) in [4.78, 5) is 9.22. The predicted octanol–water partition coefficient (Wildman–Crippen LogP) is 1.54. The van der Waals surface area contributed by atoms with Crippen LogP contribution in [0.1, 0.15) is 33.1 Å². The highest BCUT2D eigenvalue weighted by atomic mass is 32.2. The molecule has 2 fully saturated rings. The first kappa shape index (κ1) is 23.0. The van der Waals surface area contributed by atoms with Crippen LogP contribution in [0.25, 0.3) is 16.9 Å². The molecule has 0 amide bonds. The molecular weight excluding hydrogens is 460 g/mol. The van der Waals surface area contributed by atoms with Crippen LogP contribution in [0.4, 0.5) is 5.95 Å². The van der Waals surface area contributed by atoms with Crippen molar-refractivity contribution >= 4 is 21.6 Å². The Kier molecular flexibility index (Phi) is 6.40. The Hall–Kier alpha value is -2.77. The predicted molar refractivity (Wildman–Crippen MR) is 125 cm³/mol. The van der Waals surface area contributed by atoms with Gasteiger partial charge in [-0.05, 0) is 19.3 Å². The zero-order valence-corrected chi connectivity index (χ0v) is 20.2. The first-order chi connectivity index (χ1) is 16.4. The van der Waals surface area contributed by atoms with Gasteiger partial charge in [-0.15, -0.1) is 5.10 Å². The van der Waals surface area contributed by atoms with Crippen LogP contribution in [0.2, 0.25) is 0 Å². The summed E-state index contributed by atoms with van der Waals surface area (Å²) >= 11 is 0. The van der Waals surface area contributed by atoms with Crippen LogP contribution < -0.4 is 10.1 Å². The average molecular weight is 491 g/mol. The van der Waals surface area contributed by atoms with E-state index >= 15 is 0 Å². The van der Waals surface area contributed by atoms with E-state index in [1.165, 1.54) is 0 Å². The second kappa shape index (κ2) is 9.47. The molecule has 2 atom stereocenters. The van der Waals surface area contributed by atoms with Crippen LogP contribution in [0.15, 0.2) is 18.6 Å². The number of piperidine rings is 1. The van der Waals surface area contributed by atoms with Gasteiger partial charge in [0.1, 0.15) is 11.8 Å². The number of nitrogens with one attached hydrogen (secondary N) is 2. The van der Waals surface area contributed by atoms with Gasteiger partial charge >= 0.3 is 0 Å². The average Bonchev–Trinajstić information content (AvgIpc) is 3.51. The lowest BCUT2D eigenvalue weighted by molar-refractivity contribution is 0.0229. The Bertz CT molecular complexity index is 1220. The first-order valence-corrected chi connectivity index (χ1v) is 13.3. The molecule has 0 spiro atoms. The number of aromatic amines is 1. The summed E-state index contributed by atoms with van der Waals surface area (Å²) in [5.41, 5.74) is 2.00. The SMILES string of the molecule is CCS(=O)(=O)N1CC[C@H](Nc2nc3cnc(-c4cn[nH]c4)c(OC4CCOCC4)n3n2)[C@H](C)C1. The number of nitrogens with zero attached hydrogens (tertiary/aromatic N) is 6. The Morgan fingerprint density at radius 3 is 2.79 bits per heavy atom. The molecule has 0 aliphatic carbocycles. The molecule has 2 aliphatic rings. The number of sulfonamides is 1. The highest BCUT2D eigenvalue weighted by Crippen LogP contribution is 2.31. The van der Waals surface area contributed by atoms with E-state index in [9.17, 15) is 8.42 Å². The minimum atomic E-state index is -3.19. The molecule has 12 nitrogen and oxygen atoms in total. The van der Waals surface area contributed by atoms with E-state index in [4.69, 9.17) is 14.6 Å². The van der Waals surface area contributed by atoms with E-state index in [0.29, 0.717) is 55.9 Å². The quantitative estimate of drug-likeness (QED) is 0.505. The van der Waals surface area contributed by atoms with Crippen LogP contribution in [0, 0.1) is 5.92 Å². The number of fused-ring (bicyclic) bond motifs is 1. The van der Waals surface area contributed by atoms with Gasteiger partial charge < -0.3 is 14.8 Å². The summed E-state index contributed by atoms with van der Waals surface area (Å²) in [5.74, 6) is 1.21. The van der Waals surface area contributed by atoms with Crippen molar-refractivity contribution in [3.63, 3.8) is 0 Å². The molecule has 0 aromatic carbocycles. The number of aromatic nitrogens is 6. The third kappa shape index (κ3) is 4.59. The lowest BCUT2D eigenvalue weighted by Gasteiger charge is -2.36. The van der Waals surface area contributed by atoms with Gasteiger partial charge in [-0.3, -0.25) is 5.10 Å². The van der Waals surface area contributed by atoms with Crippen LogP contribution in [-0.2, 0) is 14.8 Å². The molecule has 5 rings (SSSR count). The van der Waals surface area contributed by atoms with Crippen molar-refractivity contribution in [1.29, 1.82) is 0 Å². The summed E-state index contributed by atoms with van der Waals surface area (Å²) in [7, 11) is -3.19. The van der Waals surface area contributed by atoms with Crippen molar-refractivity contribution < 1.29 is 17.9 Å². The van der Waals surface area contributed by atoms with E-state index in [-0.39, 0.29) is 23.8 Å². The molecule has 184 valence electrons. The van der Waals surface area contributed by atoms with Gasteiger partial charge in [0.05, 0.1) is 31.4 Å². The standard InChI is InChI=1S/C21H30N8O4S/c1-3-34(30,31)28-7-4-17(14(2)13-28)25-21-26-18-12-22-19(15-10-23-24-11-15)20(29(18)27-21)33-16-5-8-32-9-6-16/h10-12,14,16-17H,3-9,13H2,1-2H3,(H,23,24)(H,25,27)/t14-,17+/m1/s1.